The number of nitrogens with one attached hydrogen (secondary N) is 1. The Morgan fingerprint density at radius 1 is 1.20 bits per heavy atom. The first-order valence-electron chi connectivity index (χ1n) is 6.53. The summed E-state index contributed by atoms with van der Waals surface area (Å²) in [5.41, 5.74) is 0. The molecule has 20 heavy (non-hydrogen) atoms. The average molecular weight is 294 g/mol. The lowest BCUT2D eigenvalue weighted by molar-refractivity contribution is 0.243. The number of anilines is 1. The largest absolute Gasteiger partial charge is 0.353 e. The summed E-state index contributed by atoms with van der Waals surface area (Å²) in [6.07, 6.45) is 3.30. The number of nitrogens with zero attached hydrogens (tertiary/aromatic N) is 6. The molecule has 2 aromatic heterocycles. The number of halogens is 1. The molecule has 0 radical (unpaired) electrons. The second-order valence-electron chi connectivity index (χ2n) is 4.80. The maximum atomic E-state index is 5.87. The van der Waals surface area contributed by atoms with Gasteiger partial charge in [0.25, 0.3) is 0 Å². The fraction of sp³-hybridized carbons (Fsp3) is 0.500. The molecular formula is C12H16ClN7. The Morgan fingerprint density at radius 3 is 2.65 bits per heavy atom. The Kier molecular flexibility index (Phi) is 3.79. The second kappa shape index (κ2) is 5.72. The van der Waals surface area contributed by atoms with Gasteiger partial charge in [0.2, 0.25) is 0 Å². The van der Waals surface area contributed by atoms with Crippen LogP contribution in [0.1, 0.15) is 11.6 Å². The normalized spacial score (nSPS) is 16.6. The molecule has 1 aliphatic heterocycles. The highest BCUT2D eigenvalue weighted by Gasteiger charge is 2.19. The van der Waals surface area contributed by atoms with Gasteiger partial charge in [-0.25, -0.2) is 9.97 Å². The molecule has 3 rings (SSSR count). The first kappa shape index (κ1) is 13.3. The SMILES string of the molecule is Cc1nc(CN2CCN(c3cncc(Cl)n3)CC2)n[nH]1. The molecule has 0 atom stereocenters. The van der Waals surface area contributed by atoms with E-state index in [1.54, 1.807) is 12.4 Å². The van der Waals surface area contributed by atoms with Gasteiger partial charge in [-0.1, -0.05) is 11.6 Å². The smallest absolute Gasteiger partial charge is 0.164 e. The third kappa shape index (κ3) is 3.05. The van der Waals surface area contributed by atoms with Crippen molar-refractivity contribution in [1.82, 2.24) is 30.0 Å². The van der Waals surface area contributed by atoms with E-state index in [-0.39, 0.29) is 0 Å². The molecule has 0 aliphatic carbocycles. The van der Waals surface area contributed by atoms with E-state index in [0.717, 1.165) is 50.2 Å². The number of hydrogen-bond donors (Lipinski definition) is 1. The van der Waals surface area contributed by atoms with Gasteiger partial charge in [0.1, 0.15) is 16.8 Å². The van der Waals surface area contributed by atoms with Crippen LogP contribution in [-0.2, 0) is 6.54 Å². The zero-order valence-corrected chi connectivity index (χ0v) is 12.0. The van der Waals surface area contributed by atoms with Gasteiger partial charge in [-0.3, -0.25) is 15.0 Å². The van der Waals surface area contributed by atoms with Gasteiger partial charge in [0.15, 0.2) is 5.82 Å². The Hall–Kier alpha value is -1.73. The standard InChI is InChI=1S/C12H16ClN7/c1-9-15-11(18-17-9)8-19-2-4-20(5-3-19)12-7-14-6-10(13)16-12/h6-7H,2-5,8H2,1H3,(H,15,17,18). The van der Waals surface area contributed by atoms with Crippen LogP contribution in [0.15, 0.2) is 12.4 Å². The summed E-state index contributed by atoms with van der Waals surface area (Å²) in [5.74, 6) is 2.54. The number of hydrogen-bond acceptors (Lipinski definition) is 6. The molecule has 106 valence electrons. The Bertz CT molecular complexity index is 577. The van der Waals surface area contributed by atoms with Gasteiger partial charge < -0.3 is 4.90 Å². The van der Waals surface area contributed by atoms with Crippen molar-refractivity contribution in [1.29, 1.82) is 0 Å². The number of aryl methyl sites for hydroxylation is 1. The molecule has 7 nitrogen and oxygen atoms in total. The van der Waals surface area contributed by atoms with Gasteiger partial charge >= 0.3 is 0 Å². The molecular weight excluding hydrogens is 278 g/mol. The Morgan fingerprint density at radius 2 is 2.00 bits per heavy atom. The molecule has 1 saturated heterocycles. The molecule has 1 aliphatic rings. The maximum absolute atomic E-state index is 5.87. The summed E-state index contributed by atoms with van der Waals surface area (Å²) >= 11 is 5.87. The average Bonchev–Trinajstić information content (AvgIpc) is 2.85. The maximum Gasteiger partial charge on any atom is 0.164 e. The molecule has 0 saturated carbocycles. The second-order valence-corrected chi connectivity index (χ2v) is 5.19. The van der Waals surface area contributed by atoms with Crippen LogP contribution >= 0.6 is 11.6 Å². The predicted octanol–water partition coefficient (Wildman–Crippen LogP) is 0.879. The van der Waals surface area contributed by atoms with Crippen molar-refractivity contribution >= 4 is 17.4 Å². The van der Waals surface area contributed by atoms with Crippen LogP contribution in [0, 0.1) is 6.92 Å². The minimum Gasteiger partial charge on any atom is -0.353 e. The monoisotopic (exact) mass is 293 g/mol. The van der Waals surface area contributed by atoms with E-state index in [9.17, 15) is 0 Å². The van der Waals surface area contributed by atoms with Crippen LogP contribution in [0.25, 0.3) is 0 Å². The fourth-order valence-corrected chi connectivity index (χ4v) is 2.42. The molecule has 0 bridgehead atoms. The minimum atomic E-state index is 0.432. The zero-order valence-electron chi connectivity index (χ0n) is 11.3. The Labute approximate surface area is 122 Å². The summed E-state index contributed by atoms with van der Waals surface area (Å²) in [6.45, 7) is 6.38. The zero-order chi connectivity index (χ0) is 13.9. The van der Waals surface area contributed by atoms with Crippen molar-refractivity contribution in [2.75, 3.05) is 31.1 Å². The highest BCUT2D eigenvalue weighted by atomic mass is 35.5. The van der Waals surface area contributed by atoms with Crippen LogP contribution in [0.5, 0.6) is 0 Å². The van der Waals surface area contributed by atoms with E-state index in [1.807, 2.05) is 6.92 Å². The van der Waals surface area contributed by atoms with Crippen molar-refractivity contribution < 1.29 is 0 Å². The van der Waals surface area contributed by atoms with Crippen LogP contribution in [-0.4, -0.2) is 56.2 Å². The lowest BCUT2D eigenvalue weighted by Gasteiger charge is -2.34. The van der Waals surface area contributed by atoms with Crippen molar-refractivity contribution in [3.05, 3.63) is 29.2 Å². The van der Waals surface area contributed by atoms with E-state index >= 15 is 0 Å². The minimum absolute atomic E-state index is 0.432. The van der Waals surface area contributed by atoms with Crippen LogP contribution in [0.4, 0.5) is 5.82 Å². The lowest BCUT2D eigenvalue weighted by atomic mass is 10.3. The number of H-pyrrole nitrogens is 1. The molecule has 0 unspecified atom stereocenters. The summed E-state index contributed by atoms with van der Waals surface area (Å²) in [6, 6.07) is 0. The first-order chi connectivity index (χ1) is 9.70. The predicted molar refractivity (Wildman–Crippen MR) is 75.7 cm³/mol. The van der Waals surface area contributed by atoms with Crippen molar-refractivity contribution in [3.8, 4) is 0 Å². The molecule has 0 amide bonds. The van der Waals surface area contributed by atoms with E-state index in [1.165, 1.54) is 0 Å². The summed E-state index contributed by atoms with van der Waals surface area (Å²) < 4.78 is 0. The summed E-state index contributed by atoms with van der Waals surface area (Å²) in [7, 11) is 0. The molecule has 2 aromatic rings. The van der Waals surface area contributed by atoms with Crippen LogP contribution < -0.4 is 4.90 Å². The molecule has 0 aromatic carbocycles. The highest BCUT2D eigenvalue weighted by molar-refractivity contribution is 6.29. The number of aromatic amines is 1. The van der Waals surface area contributed by atoms with Gasteiger partial charge in [-0.15, -0.1) is 0 Å². The molecule has 0 spiro atoms. The van der Waals surface area contributed by atoms with E-state index in [4.69, 9.17) is 11.6 Å². The number of piperazine rings is 1. The summed E-state index contributed by atoms with van der Waals surface area (Å²) in [4.78, 5) is 17.2. The first-order valence-corrected chi connectivity index (χ1v) is 6.91. The number of rotatable bonds is 3. The van der Waals surface area contributed by atoms with Gasteiger partial charge in [0.05, 0.1) is 18.9 Å². The third-order valence-electron chi connectivity index (χ3n) is 3.30. The van der Waals surface area contributed by atoms with Crippen LogP contribution in [0.3, 0.4) is 0 Å². The third-order valence-corrected chi connectivity index (χ3v) is 3.48. The fourth-order valence-electron chi connectivity index (χ4n) is 2.28. The topological polar surface area (TPSA) is 73.8 Å². The Balaban J connectivity index is 1.57. The lowest BCUT2D eigenvalue weighted by Crippen LogP contribution is -2.46. The van der Waals surface area contributed by atoms with Crippen molar-refractivity contribution in [2.24, 2.45) is 0 Å². The van der Waals surface area contributed by atoms with Gasteiger partial charge in [-0.05, 0) is 6.92 Å². The summed E-state index contributed by atoms with van der Waals surface area (Å²) in [5, 5.41) is 7.47. The van der Waals surface area contributed by atoms with E-state index in [0.29, 0.717) is 5.15 Å². The van der Waals surface area contributed by atoms with Gasteiger partial charge in [0, 0.05) is 26.2 Å². The van der Waals surface area contributed by atoms with Crippen LogP contribution in [0.2, 0.25) is 5.15 Å². The number of aromatic nitrogens is 5. The van der Waals surface area contributed by atoms with Gasteiger partial charge in [-0.2, -0.15) is 5.10 Å². The molecule has 1 N–H and O–H groups in total. The highest BCUT2D eigenvalue weighted by Crippen LogP contribution is 2.15. The van der Waals surface area contributed by atoms with Crippen molar-refractivity contribution in [3.63, 3.8) is 0 Å². The molecule has 8 heteroatoms. The van der Waals surface area contributed by atoms with Crippen molar-refractivity contribution in [2.45, 2.75) is 13.5 Å². The van der Waals surface area contributed by atoms with E-state index < -0.39 is 0 Å². The molecule has 1 fully saturated rings. The molecule has 3 heterocycles. The quantitative estimate of drug-likeness (QED) is 0.905. The van der Waals surface area contributed by atoms with E-state index in [2.05, 4.69) is 34.9 Å².